The monoisotopic (exact) mass is 173 g/mol. The fraction of sp³-hybridized carbons (Fsp3) is 0.400. The van der Waals surface area contributed by atoms with Crippen molar-refractivity contribution in [1.29, 1.82) is 5.41 Å². The van der Waals surface area contributed by atoms with Crippen LogP contribution in [-0.4, -0.2) is 42.1 Å². The molecule has 5 N–H and O–H groups in total. The predicted molar refractivity (Wildman–Crippen MR) is 44.2 cm³/mol. The summed E-state index contributed by atoms with van der Waals surface area (Å²) >= 11 is 0. The Balaban J connectivity index is 4.15. The number of guanidine groups is 2. The summed E-state index contributed by atoms with van der Waals surface area (Å²) in [5, 5.41) is 16.9. The van der Waals surface area contributed by atoms with Gasteiger partial charge in [-0.05, 0) is 0 Å². The molecule has 0 bridgehead atoms. The lowest BCUT2D eigenvalue weighted by Crippen LogP contribution is -2.35. The third kappa shape index (κ3) is 4.09. The lowest BCUT2D eigenvalue weighted by Gasteiger charge is -2.09. The molecular weight excluding hydrogens is 162 g/mol. The first kappa shape index (κ1) is 10.2. The molecule has 0 rings (SSSR count). The number of carbonyl (C=O) groups is 1. The van der Waals surface area contributed by atoms with Crippen molar-refractivity contribution in [3.8, 4) is 0 Å². The second-order valence-corrected chi connectivity index (χ2v) is 2.14. The smallest absolute Gasteiger partial charge is 0.411 e. The summed E-state index contributed by atoms with van der Waals surface area (Å²) in [5.41, 5.74) is 5.30. The van der Waals surface area contributed by atoms with Gasteiger partial charge >= 0.3 is 6.09 Å². The first-order valence-electron chi connectivity index (χ1n) is 3.03. The molecule has 68 valence electrons. The molecule has 7 nitrogen and oxygen atoms in total. The van der Waals surface area contributed by atoms with Gasteiger partial charge in [-0.15, -0.1) is 0 Å². The maximum atomic E-state index is 9.99. The van der Waals surface area contributed by atoms with Gasteiger partial charge in [0.1, 0.15) is 0 Å². The Hall–Kier alpha value is -1.79. The van der Waals surface area contributed by atoms with E-state index in [0.717, 1.165) is 0 Å². The van der Waals surface area contributed by atoms with Crippen molar-refractivity contribution >= 4 is 18.0 Å². The van der Waals surface area contributed by atoms with Gasteiger partial charge in [0.25, 0.3) is 0 Å². The van der Waals surface area contributed by atoms with Crippen LogP contribution in [0.25, 0.3) is 0 Å². The molecule has 0 aromatic rings. The van der Waals surface area contributed by atoms with Gasteiger partial charge in [0, 0.05) is 14.1 Å². The van der Waals surface area contributed by atoms with E-state index < -0.39 is 12.1 Å². The number of rotatable bonds is 0. The van der Waals surface area contributed by atoms with Gasteiger partial charge in [-0.3, -0.25) is 10.7 Å². The molecular formula is C5H11N5O2. The van der Waals surface area contributed by atoms with E-state index in [1.165, 1.54) is 4.90 Å². The number of carboxylic acid groups (broad SMARTS) is 1. The molecule has 1 amide bonds. The van der Waals surface area contributed by atoms with Crippen LogP contribution in [0.3, 0.4) is 0 Å². The topological polar surface area (TPSA) is 115 Å². The third-order valence-electron chi connectivity index (χ3n) is 0.910. The normalized spacial score (nSPS) is 10.7. The molecule has 0 aliphatic heterocycles. The summed E-state index contributed by atoms with van der Waals surface area (Å²) in [6.07, 6.45) is -1.34. The van der Waals surface area contributed by atoms with Gasteiger partial charge in [-0.2, -0.15) is 4.99 Å². The fourth-order valence-corrected chi connectivity index (χ4v) is 0.344. The molecule has 0 aliphatic rings. The van der Waals surface area contributed by atoms with Crippen LogP contribution in [0.15, 0.2) is 4.99 Å². The van der Waals surface area contributed by atoms with Crippen molar-refractivity contribution in [1.82, 2.24) is 10.2 Å². The largest absolute Gasteiger partial charge is 0.465 e. The summed E-state index contributed by atoms with van der Waals surface area (Å²) in [5.74, 6) is -0.442. The van der Waals surface area contributed by atoms with Gasteiger partial charge in [0.05, 0.1) is 0 Å². The molecule has 0 radical (unpaired) electrons. The van der Waals surface area contributed by atoms with E-state index in [1.807, 2.05) is 0 Å². The summed E-state index contributed by atoms with van der Waals surface area (Å²) < 4.78 is 0. The molecule has 0 aliphatic carbocycles. The van der Waals surface area contributed by atoms with Crippen molar-refractivity contribution in [3.63, 3.8) is 0 Å². The van der Waals surface area contributed by atoms with E-state index in [0.29, 0.717) is 0 Å². The van der Waals surface area contributed by atoms with Crippen LogP contribution in [0.5, 0.6) is 0 Å². The Kier molecular flexibility index (Phi) is 3.54. The fourth-order valence-electron chi connectivity index (χ4n) is 0.344. The van der Waals surface area contributed by atoms with Gasteiger partial charge in [0.2, 0.25) is 5.96 Å². The minimum atomic E-state index is -1.34. The Labute approximate surface area is 69.4 Å². The Morgan fingerprint density at radius 1 is 1.67 bits per heavy atom. The quantitative estimate of drug-likeness (QED) is 0.279. The Morgan fingerprint density at radius 3 is 2.50 bits per heavy atom. The van der Waals surface area contributed by atoms with Gasteiger partial charge in [-0.25, -0.2) is 4.79 Å². The highest BCUT2D eigenvalue weighted by atomic mass is 16.4. The number of amides is 1. The SMILES string of the molecule is CN(C)C(N)=NC(=N)NC(=O)O. The van der Waals surface area contributed by atoms with Crippen LogP contribution in [0, 0.1) is 5.41 Å². The maximum absolute atomic E-state index is 9.99. The minimum Gasteiger partial charge on any atom is -0.465 e. The molecule has 7 heteroatoms. The van der Waals surface area contributed by atoms with Crippen LogP contribution in [0.2, 0.25) is 0 Å². The maximum Gasteiger partial charge on any atom is 0.411 e. The van der Waals surface area contributed by atoms with E-state index >= 15 is 0 Å². The molecule has 0 aromatic heterocycles. The highest BCUT2D eigenvalue weighted by Gasteiger charge is 2.00. The number of aliphatic imine (C=N–C) groups is 1. The van der Waals surface area contributed by atoms with Gasteiger partial charge < -0.3 is 15.7 Å². The molecule has 0 atom stereocenters. The highest BCUT2D eigenvalue weighted by molar-refractivity contribution is 5.98. The summed E-state index contributed by atoms with van der Waals surface area (Å²) in [7, 11) is 3.26. The predicted octanol–water partition coefficient (Wildman–Crippen LogP) is -0.935. The van der Waals surface area contributed by atoms with Crippen LogP contribution in [0.4, 0.5) is 4.79 Å². The average Bonchev–Trinajstić information content (AvgIpc) is 1.84. The molecule has 0 saturated heterocycles. The molecule has 0 aromatic carbocycles. The van der Waals surface area contributed by atoms with Crippen molar-refractivity contribution in [2.45, 2.75) is 0 Å². The second kappa shape index (κ2) is 4.16. The van der Waals surface area contributed by atoms with Crippen LogP contribution in [0.1, 0.15) is 0 Å². The first-order chi connectivity index (χ1) is 5.43. The molecule has 0 unspecified atom stereocenters. The second-order valence-electron chi connectivity index (χ2n) is 2.14. The zero-order valence-corrected chi connectivity index (χ0v) is 6.83. The molecule has 0 spiro atoms. The number of hydrogen-bond donors (Lipinski definition) is 4. The first-order valence-corrected chi connectivity index (χ1v) is 3.03. The van der Waals surface area contributed by atoms with E-state index in [1.54, 1.807) is 19.4 Å². The van der Waals surface area contributed by atoms with E-state index in [9.17, 15) is 4.79 Å². The van der Waals surface area contributed by atoms with Crippen LogP contribution in [-0.2, 0) is 0 Å². The Bertz CT molecular complexity index is 222. The molecule has 0 heterocycles. The van der Waals surface area contributed by atoms with Crippen LogP contribution >= 0.6 is 0 Å². The Morgan fingerprint density at radius 2 is 2.17 bits per heavy atom. The zero-order chi connectivity index (χ0) is 9.72. The zero-order valence-electron chi connectivity index (χ0n) is 6.83. The third-order valence-corrected chi connectivity index (χ3v) is 0.910. The van der Waals surface area contributed by atoms with E-state index in [4.69, 9.17) is 16.2 Å². The van der Waals surface area contributed by atoms with Crippen molar-refractivity contribution in [2.75, 3.05) is 14.1 Å². The van der Waals surface area contributed by atoms with Crippen molar-refractivity contribution in [3.05, 3.63) is 0 Å². The summed E-state index contributed by atoms with van der Waals surface area (Å²) in [6.45, 7) is 0. The van der Waals surface area contributed by atoms with Crippen LogP contribution < -0.4 is 11.1 Å². The van der Waals surface area contributed by atoms with E-state index in [2.05, 4.69) is 4.99 Å². The lowest BCUT2D eigenvalue weighted by atomic mass is 10.8. The standard InChI is InChI=1S/C5H11N5O2/c1-10(2)4(7)8-3(6)9-5(11)12/h1-2H3,(H,11,12)(H4,6,7,8,9). The summed E-state index contributed by atoms with van der Waals surface area (Å²) in [4.78, 5) is 14.9. The lowest BCUT2D eigenvalue weighted by molar-refractivity contribution is 0.200. The molecule has 0 fully saturated rings. The minimum absolute atomic E-state index is 0.0637. The van der Waals surface area contributed by atoms with Gasteiger partial charge in [-0.1, -0.05) is 0 Å². The van der Waals surface area contributed by atoms with Crippen molar-refractivity contribution < 1.29 is 9.90 Å². The molecule has 12 heavy (non-hydrogen) atoms. The van der Waals surface area contributed by atoms with Gasteiger partial charge in [0.15, 0.2) is 5.96 Å². The van der Waals surface area contributed by atoms with E-state index in [-0.39, 0.29) is 5.96 Å². The molecule has 0 saturated carbocycles. The summed E-state index contributed by atoms with van der Waals surface area (Å²) in [6, 6.07) is 0. The number of nitrogens with one attached hydrogen (secondary N) is 2. The van der Waals surface area contributed by atoms with Crippen molar-refractivity contribution in [2.24, 2.45) is 10.7 Å². The number of hydrogen-bond acceptors (Lipinski definition) is 2. The average molecular weight is 173 g/mol. The number of nitrogens with two attached hydrogens (primary N) is 1. The highest BCUT2D eigenvalue weighted by Crippen LogP contribution is 1.77. The number of nitrogens with zero attached hydrogens (tertiary/aromatic N) is 2.